The zero-order valence-electron chi connectivity index (χ0n) is 15.6. The van der Waals surface area contributed by atoms with E-state index in [0.29, 0.717) is 31.1 Å². The van der Waals surface area contributed by atoms with Crippen molar-refractivity contribution in [1.29, 1.82) is 0 Å². The Kier molecular flexibility index (Phi) is 5.94. The van der Waals surface area contributed by atoms with Crippen LogP contribution >= 0.6 is 0 Å². The Balaban J connectivity index is 2.50. The van der Waals surface area contributed by atoms with Gasteiger partial charge in [0.05, 0.1) is 19.9 Å². The number of likely N-dealkylation sites (N-methyl/N-ethyl adjacent to an activating group) is 1. The van der Waals surface area contributed by atoms with Gasteiger partial charge in [-0.1, -0.05) is 0 Å². The lowest BCUT2D eigenvalue weighted by Crippen LogP contribution is -2.52. The van der Waals surface area contributed by atoms with E-state index in [2.05, 4.69) is 19.0 Å². The van der Waals surface area contributed by atoms with Crippen molar-refractivity contribution in [3.05, 3.63) is 17.7 Å². The van der Waals surface area contributed by atoms with Crippen molar-refractivity contribution in [2.45, 2.75) is 26.3 Å². The fraction of sp³-hybridized carbons (Fsp3) is 0.611. The van der Waals surface area contributed by atoms with Crippen LogP contribution in [0.2, 0.25) is 0 Å². The predicted octanol–water partition coefficient (Wildman–Crippen LogP) is 2.46. The van der Waals surface area contributed by atoms with Crippen molar-refractivity contribution in [3.63, 3.8) is 0 Å². The second-order valence-corrected chi connectivity index (χ2v) is 6.22. The van der Waals surface area contributed by atoms with Crippen LogP contribution in [-0.4, -0.2) is 69.8 Å². The molecule has 1 atom stereocenters. The molecule has 0 spiro atoms. The lowest BCUT2D eigenvalue weighted by atomic mass is 9.96. The Bertz CT molecular complexity index is 585. The average molecular weight is 335 g/mol. The quantitative estimate of drug-likeness (QED) is 0.829. The first-order valence-electron chi connectivity index (χ1n) is 8.44. The third kappa shape index (κ3) is 3.43. The molecule has 2 amide bonds. The van der Waals surface area contributed by atoms with Crippen LogP contribution in [0.5, 0.6) is 11.5 Å². The first kappa shape index (κ1) is 18.4. The van der Waals surface area contributed by atoms with E-state index in [1.54, 1.807) is 14.2 Å². The number of carbonyl (C=O) groups is 1. The second kappa shape index (κ2) is 7.75. The summed E-state index contributed by atoms with van der Waals surface area (Å²) in [5.74, 6) is 1.35. The SMILES string of the molecule is CCN(CC)C(=O)N1CC(N(C)C)Cc2cc(OC)c(OC)cc21. The van der Waals surface area contributed by atoms with E-state index in [0.717, 1.165) is 17.7 Å². The van der Waals surface area contributed by atoms with Gasteiger partial charge in [-0.25, -0.2) is 4.79 Å². The summed E-state index contributed by atoms with van der Waals surface area (Å²) < 4.78 is 10.9. The highest BCUT2D eigenvalue weighted by Gasteiger charge is 2.32. The summed E-state index contributed by atoms with van der Waals surface area (Å²) in [6.07, 6.45) is 0.880. The van der Waals surface area contributed by atoms with Gasteiger partial charge in [-0.05, 0) is 46.0 Å². The molecule has 6 nitrogen and oxygen atoms in total. The maximum absolute atomic E-state index is 13.0. The van der Waals surface area contributed by atoms with Crippen LogP contribution in [-0.2, 0) is 6.42 Å². The lowest BCUT2D eigenvalue weighted by Gasteiger charge is -2.39. The van der Waals surface area contributed by atoms with Crippen molar-refractivity contribution in [2.24, 2.45) is 0 Å². The monoisotopic (exact) mass is 335 g/mol. The summed E-state index contributed by atoms with van der Waals surface area (Å²) in [7, 11) is 7.36. The maximum Gasteiger partial charge on any atom is 0.324 e. The van der Waals surface area contributed by atoms with E-state index < -0.39 is 0 Å². The molecule has 0 fully saturated rings. The molecular weight excluding hydrogens is 306 g/mol. The number of rotatable bonds is 5. The maximum atomic E-state index is 13.0. The van der Waals surface area contributed by atoms with Gasteiger partial charge >= 0.3 is 6.03 Å². The van der Waals surface area contributed by atoms with Crippen molar-refractivity contribution in [3.8, 4) is 11.5 Å². The van der Waals surface area contributed by atoms with Crippen LogP contribution in [0.4, 0.5) is 10.5 Å². The van der Waals surface area contributed by atoms with Gasteiger partial charge < -0.3 is 19.3 Å². The van der Waals surface area contributed by atoms with Gasteiger partial charge in [0, 0.05) is 31.7 Å². The topological polar surface area (TPSA) is 45.3 Å². The summed E-state index contributed by atoms with van der Waals surface area (Å²) in [5.41, 5.74) is 2.03. The third-order valence-corrected chi connectivity index (χ3v) is 4.72. The Morgan fingerprint density at radius 3 is 2.25 bits per heavy atom. The summed E-state index contributed by atoms with van der Waals surface area (Å²) in [6, 6.07) is 4.23. The lowest BCUT2D eigenvalue weighted by molar-refractivity contribution is 0.204. The first-order chi connectivity index (χ1) is 11.5. The number of hydrogen-bond donors (Lipinski definition) is 0. The van der Waals surface area contributed by atoms with Crippen LogP contribution < -0.4 is 14.4 Å². The molecule has 0 saturated carbocycles. The van der Waals surface area contributed by atoms with Gasteiger partial charge in [0.25, 0.3) is 0 Å². The van der Waals surface area contributed by atoms with Gasteiger partial charge in [-0.15, -0.1) is 0 Å². The first-order valence-corrected chi connectivity index (χ1v) is 8.44. The van der Waals surface area contributed by atoms with Gasteiger partial charge in [0.15, 0.2) is 11.5 Å². The molecule has 0 radical (unpaired) electrons. The van der Waals surface area contributed by atoms with E-state index >= 15 is 0 Å². The van der Waals surface area contributed by atoms with E-state index in [1.165, 1.54) is 0 Å². The molecule has 134 valence electrons. The van der Waals surface area contributed by atoms with E-state index in [1.807, 2.05) is 35.8 Å². The van der Waals surface area contributed by atoms with Gasteiger partial charge in [0.2, 0.25) is 0 Å². The number of amides is 2. The highest BCUT2D eigenvalue weighted by Crippen LogP contribution is 2.38. The molecule has 2 rings (SSSR count). The van der Waals surface area contributed by atoms with E-state index in [-0.39, 0.29) is 12.1 Å². The molecule has 24 heavy (non-hydrogen) atoms. The fourth-order valence-electron chi connectivity index (χ4n) is 3.14. The molecule has 6 heteroatoms. The molecule has 1 aliphatic heterocycles. The van der Waals surface area contributed by atoms with Crippen molar-refractivity contribution in [2.75, 3.05) is 52.8 Å². The van der Waals surface area contributed by atoms with E-state index in [4.69, 9.17) is 9.47 Å². The van der Waals surface area contributed by atoms with Gasteiger partial charge in [-0.3, -0.25) is 4.90 Å². The minimum absolute atomic E-state index is 0.0417. The van der Waals surface area contributed by atoms with Crippen LogP contribution in [0.3, 0.4) is 0 Å². The van der Waals surface area contributed by atoms with Crippen molar-refractivity contribution in [1.82, 2.24) is 9.80 Å². The Morgan fingerprint density at radius 1 is 1.17 bits per heavy atom. The number of carbonyl (C=O) groups excluding carboxylic acids is 1. The highest BCUT2D eigenvalue weighted by atomic mass is 16.5. The van der Waals surface area contributed by atoms with Gasteiger partial charge in [0.1, 0.15) is 0 Å². The Labute approximate surface area is 144 Å². The number of ether oxygens (including phenoxy) is 2. The molecule has 1 unspecified atom stereocenters. The summed E-state index contributed by atoms with van der Waals surface area (Å²) in [6.45, 7) is 6.07. The molecule has 1 aromatic carbocycles. The highest BCUT2D eigenvalue weighted by molar-refractivity contribution is 5.94. The minimum Gasteiger partial charge on any atom is -0.493 e. The molecule has 1 aliphatic rings. The minimum atomic E-state index is 0.0417. The number of hydrogen-bond acceptors (Lipinski definition) is 4. The van der Waals surface area contributed by atoms with Crippen LogP contribution in [0, 0.1) is 0 Å². The van der Waals surface area contributed by atoms with E-state index in [9.17, 15) is 4.79 Å². The number of anilines is 1. The molecule has 0 bridgehead atoms. The summed E-state index contributed by atoms with van der Waals surface area (Å²) >= 11 is 0. The zero-order valence-corrected chi connectivity index (χ0v) is 15.6. The number of benzene rings is 1. The van der Waals surface area contributed by atoms with Gasteiger partial charge in [-0.2, -0.15) is 0 Å². The zero-order chi connectivity index (χ0) is 17.9. The third-order valence-electron chi connectivity index (χ3n) is 4.72. The molecule has 0 saturated heterocycles. The van der Waals surface area contributed by atoms with Crippen molar-refractivity contribution >= 4 is 11.7 Å². The standard InChI is InChI=1S/C18H29N3O3/c1-7-20(8-2)18(22)21-12-14(19(3)4)9-13-10-16(23-5)17(24-6)11-15(13)21/h10-11,14H,7-9,12H2,1-6H3. The normalized spacial score (nSPS) is 16.8. The van der Waals surface area contributed by atoms with Crippen LogP contribution in [0.1, 0.15) is 19.4 Å². The summed E-state index contributed by atoms with van der Waals surface area (Å²) in [4.78, 5) is 18.9. The van der Waals surface area contributed by atoms with Crippen LogP contribution in [0.25, 0.3) is 0 Å². The number of fused-ring (bicyclic) bond motifs is 1. The largest absolute Gasteiger partial charge is 0.493 e. The molecule has 0 aliphatic carbocycles. The number of nitrogens with zero attached hydrogens (tertiary/aromatic N) is 3. The molecule has 1 heterocycles. The van der Waals surface area contributed by atoms with Crippen molar-refractivity contribution < 1.29 is 14.3 Å². The molecule has 0 aromatic heterocycles. The Morgan fingerprint density at radius 2 is 1.75 bits per heavy atom. The number of methoxy groups -OCH3 is 2. The smallest absolute Gasteiger partial charge is 0.324 e. The second-order valence-electron chi connectivity index (χ2n) is 6.22. The summed E-state index contributed by atoms with van der Waals surface area (Å²) in [5, 5.41) is 0. The fourth-order valence-corrected chi connectivity index (χ4v) is 3.14. The molecule has 1 aromatic rings. The molecular formula is C18H29N3O3. The van der Waals surface area contributed by atoms with Crippen LogP contribution in [0.15, 0.2) is 12.1 Å². The molecule has 0 N–H and O–H groups in total. The number of urea groups is 1. The predicted molar refractivity (Wildman–Crippen MR) is 96.4 cm³/mol. The Hall–Kier alpha value is -1.95. The average Bonchev–Trinajstić information content (AvgIpc) is 2.60.